The molecule has 2 aliphatic heterocycles. The number of aromatic nitrogens is 2. The van der Waals surface area contributed by atoms with Gasteiger partial charge in [0.15, 0.2) is 0 Å². The Hall–Kier alpha value is -2.21. The Kier molecular flexibility index (Phi) is 5.99. The van der Waals surface area contributed by atoms with Gasteiger partial charge in [0.05, 0.1) is 17.1 Å². The van der Waals surface area contributed by atoms with Crippen molar-refractivity contribution >= 4 is 22.6 Å². The molecule has 3 heterocycles. The lowest BCUT2D eigenvalue weighted by Gasteiger charge is -2.38. The second-order valence-corrected chi connectivity index (χ2v) is 9.09. The van der Waals surface area contributed by atoms with Gasteiger partial charge in [0, 0.05) is 32.0 Å². The largest absolute Gasteiger partial charge is 0.369 e. The minimum absolute atomic E-state index is 0.0260. The molecule has 2 aromatic rings. The van der Waals surface area contributed by atoms with Gasteiger partial charge in [-0.2, -0.15) is 0 Å². The number of aryl methyl sites for hydroxylation is 1. The number of benzene rings is 1. The summed E-state index contributed by atoms with van der Waals surface area (Å²) in [5.41, 5.74) is 4.12. The van der Waals surface area contributed by atoms with E-state index < -0.39 is 0 Å². The van der Waals surface area contributed by atoms with Crippen molar-refractivity contribution in [2.45, 2.75) is 33.1 Å². The Bertz CT molecular complexity index is 861. The van der Waals surface area contributed by atoms with Crippen LogP contribution in [0.2, 0.25) is 0 Å². The summed E-state index contributed by atoms with van der Waals surface area (Å²) in [6.07, 6.45) is 6.81. The predicted octanol–water partition coefficient (Wildman–Crippen LogP) is 2.86. The average Bonchev–Trinajstić information content (AvgIpc) is 2.73. The zero-order chi connectivity index (χ0) is 20.4. The summed E-state index contributed by atoms with van der Waals surface area (Å²) in [4.78, 5) is 26.8. The van der Waals surface area contributed by atoms with Crippen LogP contribution in [0.4, 0.5) is 5.69 Å². The van der Waals surface area contributed by atoms with Crippen molar-refractivity contribution < 1.29 is 4.79 Å². The molecule has 1 N–H and O–H groups in total. The fourth-order valence-electron chi connectivity index (χ4n) is 4.82. The molecule has 0 radical (unpaired) electrons. The molecule has 2 fully saturated rings. The summed E-state index contributed by atoms with van der Waals surface area (Å²) < 4.78 is 0. The molecule has 1 aromatic carbocycles. The van der Waals surface area contributed by atoms with Gasteiger partial charge >= 0.3 is 0 Å². The highest BCUT2D eigenvalue weighted by molar-refractivity contribution is 5.90. The topological polar surface area (TPSA) is 61.4 Å². The van der Waals surface area contributed by atoms with Gasteiger partial charge in [0.25, 0.3) is 0 Å². The number of carbonyl (C=O) groups excluding carboxylic acids is 1. The molecule has 1 aromatic heterocycles. The third-order valence-corrected chi connectivity index (χ3v) is 6.58. The molecule has 0 bridgehead atoms. The predicted molar refractivity (Wildman–Crippen MR) is 117 cm³/mol. The fourth-order valence-corrected chi connectivity index (χ4v) is 4.82. The van der Waals surface area contributed by atoms with E-state index in [1.54, 1.807) is 12.4 Å². The van der Waals surface area contributed by atoms with Crippen molar-refractivity contribution in [2.24, 2.45) is 17.8 Å². The highest BCUT2D eigenvalue weighted by Crippen LogP contribution is 2.31. The molecule has 0 aliphatic carbocycles. The van der Waals surface area contributed by atoms with E-state index in [1.165, 1.54) is 12.8 Å². The third kappa shape index (κ3) is 4.53. The van der Waals surface area contributed by atoms with Gasteiger partial charge in [-0.15, -0.1) is 0 Å². The van der Waals surface area contributed by atoms with Gasteiger partial charge in [-0.1, -0.05) is 13.0 Å². The maximum Gasteiger partial charge on any atom is 0.224 e. The first-order valence-corrected chi connectivity index (χ1v) is 10.9. The Balaban J connectivity index is 1.44. The number of hydrogen-bond donors (Lipinski definition) is 1. The van der Waals surface area contributed by atoms with Crippen LogP contribution in [0, 0.1) is 24.7 Å². The lowest BCUT2D eigenvalue weighted by atomic mass is 9.88. The first-order chi connectivity index (χ1) is 14.0. The van der Waals surface area contributed by atoms with Crippen molar-refractivity contribution in [3.8, 4) is 0 Å². The number of carbonyl (C=O) groups is 1. The minimum Gasteiger partial charge on any atom is -0.369 e. The van der Waals surface area contributed by atoms with E-state index in [0.717, 1.165) is 61.4 Å². The van der Waals surface area contributed by atoms with E-state index in [9.17, 15) is 4.79 Å². The SMILES string of the molecule is Cc1ccc(N2CC(C)CC(C(=O)NCC3CCN(C)CC3)C2)c2nccnc12. The molecule has 0 saturated carbocycles. The summed E-state index contributed by atoms with van der Waals surface area (Å²) >= 11 is 0. The fraction of sp³-hybridized carbons (Fsp3) is 0.609. The van der Waals surface area contributed by atoms with E-state index in [-0.39, 0.29) is 11.8 Å². The van der Waals surface area contributed by atoms with Crippen LogP contribution in [0.1, 0.15) is 31.7 Å². The van der Waals surface area contributed by atoms with Crippen molar-refractivity contribution in [3.63, 3.8) is 0 Å². The molecule has 2 unspecified atom stereocenters. The first-order valence-electron chi connectivity index (χ1n) is 10.9. The van der Waals surface area contributed by atoms with Crippen molar-refractivity contribution in [1.82, 2.24) is 20.2 Å². The number of nitrogens with zero attached hydrogens (tertiary/aromatic N) is 4. The Morgan fingerprint density at radius 1 is 1.14 bits per heavy atom. The molecule has 6 heteroatoms. The molecule has 156 valence electrons. The number of anilines is 1. The number of likely N-dealkylation sites (tertiary alicyclic amines) is 1. The normalized spacial score (nSPS) is 24.0. The van der Waals surface area contributed by atoms with Crippen LogP contribution in [-0.2, 0) is 4.79 Å². The zero-order valence-corrected chi connectivity index (χ0v) is 17.9. The number of fused-ring (bicyclic) bond motifs is 1. The lowest BCUT2D eigenvalue weighted by Crippen LogP contribution is -2.47. The maximum atomic E-state index is 13.0. The third-order valence-electron chi connectivity index (χ3n) is 6.58. The minimum atomic E-state index is 0.0260. The second-order valence-electron chi connectivity index (χ2n) is 9.09. The van der Waals surface area contributed by atoms with Gasteiger partial charge in [0.1, 0.15) is 5.52 Å². The quantitative estimate of drug-likeness (QED) is 0.863. The summed E-state index contributed by atoms with van der Waals surface area (Å²) in [6.45, 7) is 9.10. The summed E-state index contributed by atoms with van der Waals surface area (Å²) in [7, 11) is 2.17. The van der Waals surface area contributed by atoms with Crippen LogP contribution in [-0.4, -0.2) is 60.5 Å². The molecule has 6 nitrogen and oxygen atoms in total. The van der Waals surface area contributed by atoms with Crippen LogP contribution >= 0.6 is 0 Å². The van der Waals surface area contributed by atoms with Gasteiger partial charge in [0.2, 0.25) is 5.91 Å². The Morgan fingerprint density at radius 2 is 1.86 bits per heavy atom. The van der Waals surface area contributed by atoms with Gasteiger partial charge in [-0.05, 0) is 69.8 Å². The lowest BCUT2D eigenvalue weighted by molar-refractivity contribution is -0.125. The van der Waals surface area contributed by atoms with E-state index in [4.69, 9.17) is 0 Å². The summed E-state index contributed by atoms with van der Waals surface area (Å²) in [5.74, 6) is 1.32. The second kappa shape index (κ2) is 8.66. The molecular weight excluding hydrogens is 362 g/mol. The molecule has 2 aliphatic rings. The highest BCUT2D eigenvalue weighted by atomic mass is 16.1. The van der Waals surface area contributed by atoms with Crippen molar-refractivity contribution in [3.05, 3.63) is 30.1 Å². The molecule has 2 saturated heterocycles. The number of amides is 1. The van der Waals surface area contributed by atoms with E-state index in [0.29, 0.717) is 11.8 Å². The Morgan fingerprint density at radius 3 is 2.62 bits per heavy atom. The molecule has 29 heavy (non-hydrogen) atoms. The van der Waals surface area contributed by atoms with Crippen LogP contribution in [0.25, 0.3) is 11.0 Å². The molecule has 1 amide bonds. The van der Waals surface area contributed by atoms with Gasteiger partial charge in [-0.3, -0.25) is 14.8 Å². The van der Waals surface area contributed by atoms with E-state index in [1.807, 2.05) is 0 Å². The van der Waals surface area contributed by atoms with Crippen LogP contribution in [0.15, 0.2) is 24.5 Å². The average molecular weight is 396 g/mol. The molecule has 4 rings (SSSR count). The maximum absolute atomic E-state index is 13.0. The smallest absolute Gasteiger partial charge is 0.224 e. The number of nitrogens with one attached hydrogen (secondary N) is 1. The van der Waals surface area contributed by atoms with Crippen LogP contribution in [0.3, 0.4) is 0 Å². The first kappa shape index (κ1) is 20.1. The van der Waals surface area contributed by atoms with Crippen LogP contribution in [0.5, 0.6) is 0 Å². The molecule has 2 atom stereocenters. The number of rotatable bonds is 4. The van der Waals surface area contributed by atoms with Crippen LogP contribution < -0.4 is 10.2 Å². The van der Waals surface area contributed by atoms with E-state index >= 15 is 0 Å². The number of hydrogen-bond acceptors (Lipinski definition) is 5. The van der Waals surface area contributed by atoms with Gasteiger partial charge < -0.3 is 15.1 Å². The molecular formula is C23H33N5O. The Labute approximate surface area is 173 Å². The van der Waals surface area contributed by atoms with E-state index in [2.05, 4.69) is 58.1 Å². The zero-order valence-electron chi connectivity index (χ0n) is 17.9. The van der Waals surface area contributed by atoms with Gasteiger partial charge in [-0.25, -0.2) is 0 Å². The highest BCUT2D eigenvalue weighted by Gasteiger charge is 2.31. The standard InChI is InChI=1S/C23H33N5O/c1-16-12-19(23(29)26-13-18-6-10-27(3)11-7-18)15-28(14-16)20-5-4-17(2)21-22(20)25-9-8-24-21/h4-5,8-9,16,18-19H,6-7,10-15H2,1-3H3,(H,26,29). The number of piperidine rings is 2. The van der Waals surface area contributed by atoms with Crippen molar-refractivity contribution in [2.75, 3.05) is 44.7 Å². The summed E-state index contributed by atoms with van der Waals surface area (Å²) in [5, 5.41) is 3.26. The monoisotopic (exact) mass is 395 g/mol. The van der Waals surface area contributed by atoms with Crippen molar-refractivity contribution in [1.29, 1.82) is 0 Å². The summed E-state index contributed by atoms with van der Waals surface area (Å²) in [6, 6.07) is 4.25. The molecule has 0 spiro atoms.